The summed E-state index contributed by atoms with van der Waals surface area (Å²) in [5.41, 5.74) is 0. The molecule has 0 aromatic rings. The number of hydrogen-bond acceptors (Lipinski definition) is 0. The molecule has 0 atom stereocenters. The molecule has 0 unspecified atom stereocenters. The Hall–Kier alpha value is 0.822. The second kappa shape index (κ2) is 22.6. The van der Waals surface area contributed by atoms with E-state index in [0.717, 1.165) is 15.2 Å². The predicted octanol–water partition coefficient (Wildman–Crippen LogP) is 4.58. The fourth-order valence-electron chi connectivity index (χ4n) is 0.789. The highest BCUT2D eigenvalue weighted by Gasteiger charge is 1.75. The first-order valence-corrected chi connectivity index (χ1v) is 6.78. The zero-order valence-corrected chi connectivity index (χ0v) is 11.2. The van der Waals surface area contributed by atoms with Gasteiger partial charge in [-0.25, -0.2) is 0 Å². The van der Waals surface area contributed by atoms with Crippen LogP contribution in [-0.4, -0.2) is 15.2 Å². The van der Waals surface area contributed by atoms with Crippen LogP contribution < -0.4 is 0 Å². The Kier molecular flexibility index (Phi) is 35.0. The minimum absolute atomic E-state index is 0. The largest absolute Gasteiger partial charge is 0.198 e. The highest BCUT2D eigenvalue weighted by molar-refractivity contribution is 6.34. The third-order valence-electron chi connectivity index (χ3n) is 1.53. The van der Waals surface area contributed by atoms with Gasteiger partial charge in [0.05, 0.1) is 0 Å². The van der Waals surface area contributed by atoms with E-state index in [1.165, 1.54) is 36.2 Å². The Bertz CT molecular complexity index is 43.1. The topological polar surface area (TPSA) is 0 Å². The van der Waals surface area contributed by atoms with E-state index < -0.39 is 0 Å². The van der Waals surface area contributed by atoms with Crippen LogP contribution in [0.2, 0.25) is 10.6 Å². The van der Waals surface area contributed by atoms with Gasteiger partial charge in [-0.15, -0.1) is 23.0 Å². The maximum atomic E-state index is 2.25. The second-order valence-electron chi connectivity index (χ2n) is 2.81. The van der Waals surface area contributed by atoms with Gasteiger partial charge in [-0.3, -0.25) is 0 Å². The summed E-state index contributed by atoms with van der Waals surface area (Å²) in [5, 5.41) is 2.85. The van der Waals surface area contributed by atoms with Crippen molar-refractivity contribution in [1.29, 1.82) is 0 Å². The predicted molar refractivity (Wildman–Crippen MR) is 63.8 cm³/mol. The normalized spacial score (nSPS) is 7.67. The zero-order chi connectivity index (χ0) is 8.95. The fraction of sp³-hybridized carbons (Fsp3) is 1.00. The summed E-state index contributed by atoms with van der Waals surface area (Å²) in [6, 6.07) is 0. The molecule has 0 aliphatic carbocycles. The van der Waals surface area contributed by atoms with E-state index in [0.29, 0.717) is 0 Å². The monoisotopic (exact) mass is 207 g/mol. The second-order valence-corrected chi connectivity index (χ2v) is 5.02. The third-order valence-corrected chi connectivity index (χ3v) is 2.69. The number of rotatable bonds is 5. The van der Waals surface area contributed by atoms with Gasteiger partial charge in [0, 0.05) is 0 Å². The minimum atomic E-state index is 0. The minimum Gasteiger partial charge on any atom is -0.147 e. The Morgan fingerprint density at radius 3 is 1.17 bits per heavy atom. The van der Waals surface area contributed by atoms with E-state index in [1.54, 1.807) is 0 Å². The van der Waals surface area contributed by atoms with Crippen molar-refractivity contribution in [2.45, 2.75) is 63.9 Å². The van der Waals surface area contributed by atoms with E-state index in [2.05, 4.69) is 27.7 Å². The zero-order valence-electron chi connectivity index (χ0n) is 9.23. The summed E-state index contributed by atoms with van der Waals surface area (Å²) >= 11 is 0.815. The molecule has 0 heterocycles. The Morgan fingerprint density at radius 1 is 0.750 bits per heavy atom. The van der Waals surface area contributed by atoms with E-state index in [1.807, 2.05) is 0 Å². The van der Waals surface area contributed by atoms with Gasteiger partial charge in [-0.2, -0.15) is 0 Å². The summed E-state index contributed by atoms with van der Waals surface area (Å²) in [5.74, 6) is 0. The smallest absolute Gasteiger partial charge is 0.147 e. The Labute approximate surface area is 91.6 Å². The average Bonchev–Trinajstić information content (AvgIpc) is 2.04. The molecule has 0 aromatic carbocycles. The quantitative estimate of drug-likeness (QED) is 0.458. The van der Waals surface area contributed by atoms with Gasteiger partial charge < -0.3 is 0 Å². The van der Waals surface area contributed by atoms with Gasteiger partial charge in [-0.05, 0) is 0 Å². The van der Waals surface area contributed by atoms with Crippen molar-refractivity contribution >= 4 is 27.6 Å². The van der Waals surface area contributed by atoms with E-state index >= 15 is 0 Å². The Balaban J connectivity index is -0.000000126. The molecule has 0 aliphatic heterocycles. The highest BCUT2D eigenvalue weighted by Crippen LogP contribution is 1.95. The molecule has 0 spiro atoms. The molecule has 0 nitrogen and oxygen atoms in total. The van der Waals surface area contributed by atoms with Crippen LogP contribution in [-0.2, 0) is 0 Å². The molecule has 1 radical (unpaired) electrons. The lowest BCUT2D eigenvalue weighted by atomic mass is 10.2. The van der Waals surface area contributed by atoms with Crippen molar-refractivity contribution < 1.29 is 0 Å². The van der Waals surface area contributed by atoms with Crippen LogP contribution in [0.5, 0.6) is 0 Å². The number of unbranched alkanes of at least 4 members (excludes halogenated alkanes) is 3. The number of hydrogen-bond donors (Lipinski definition) is 0. The maximum Gasteiger partial charge on any atom is 0.198 e. The molecular weight excluding hydrogens is 183 g/mol. The van der Waals surface area contributed by atoms with Crippen LogP contribution >= 0.6 is 12.4 Å². The molecule has 0 N–H and O–H groups in total. The van der Waals surface area contributed by atoms with E-state index in [-0.39, 0.29) is 12.4 Å². The molecular formula is C10H25AlCl. The molecule has 12 heavy (non-hydrogen) atoms. The molecule has 0 aromatic heterocycles. The molecule has 0 aliphatic rings. The summed E-state index contributed by atoms with van der Waals surface area (Å²) in [7, 11) is 0. The van der Waals surface area contributed by atoms with Crippen molar-refractivity contribution in [2.75, 3.05) is 0 Å². The van der Waals surface area contributed by atoms with Crippen molar-refractivity contribution in [2.24, 2.45) is 0 Å². The van der Waals surface area contributed by atoms with Gasteiger partial charge >= 0.3 is 0 Å². The van der Waals surface area contributed by atoms with Crippen molar-refractivity contribution in [3.05, 3.63) is 0 Å². The average molecular weight is 208 g/mol. The van der Waals surface area contributed by atoms with Gasteiger partial charge in [0.2, 0.25) is 0 Å². The Morgan fingerprint density at radius 2 is 1.08 bits per heavy atom. The lowest BCUT2D eigenvalue weighted by Crippen LogP contribution is -1.76. The SMILES string of the molecule is CCCCCC.C[CH2][Al][CH2]C.Cl. The first-order valence-electron chi connectivity index (χ1n) is 5.14. The van der Waals surface area contributed by atoms with Gasteiger partial charge in [0.25, 0.3) is 0 Å². The molecule has 75 valence electrons. The lowest BCUT2D eigenvalue weighted by Gasteiger charge is -1.86. The first kappa shape index (κ1) is 18.6. The molecule has 0 amide bonds. The van der Waals surface area contributed by atoms with Gasteiger partial charge in [-0.1, -0.05) is 53.4 Å². The van der Waals surface area contributed by atoms with E-state index in [4.69, 9.17) is 0 Å². The van der Waals surface area contributed by atoms with Crippen LogP contribution in [0.4, 0.5) is 0 Å². The van der Waals surface area contributed by atoms with Crippen LogP contribution in [0, 0.1) is 0 Å². The molecule has 0 rings (SSSR count). The first-order chi connectivity index (χ1) is 5.33. The summed E-state index contributed by atoms with van der Waals surface area (Å²) in [6.45, 7) is 8.96. The summed E-state index contributed by atoms with van der Waals surface area (Å²) < 4.78 is 0. The molecule has 0 bridgehead atoms. The van der Waals surface area contributed by atoms with Crippen molar-refractivity contribution in [3.8, 4) is 0 Å². The van der Waals surface area contributed by atoms with E-state index in [9.17, 15) is 0 Å². The number of halogens is 1. The van der Waals surface area contributed by atoms with Gasteiger partial charge in [0.1, 0.15) is 0 Å². The molecule has 0 saturated carbocycles. The highest BCUT2D eigenvalue weighted by atomic mass is 35.5. The fourth-order valence-corrected chi connectivity index (χ4v) is 1.37. The van der Waals surface area contributed by atoms with Crippen molar-refractivity contribution in [3.63, 3.8) is 0 Å². The van der Waals surface area contributed by atoms with Crippen LogP contribution in [0.25, 0.3) is 0 Å². The van der Waals surface area contributed by atoms with Crippen LogP contribution in [0.1, 0.15) is 53.4 Å². The van der Waals surface area contributed by atoms with Crippen LogP contribution in [0.3, 0.4) is 0 Å². The standard InChI is InChI=1S/C6H14.2C2H5.Al.ClH/c1-3-5-6-4-2;2*1-2;;/h3-6H2,1-2H3;2*1H2,2H3;;1H. The maximum absolute atomic E-state index is 2.25. The summed E-state index contributed by atoms with van der Waals surface area (Å²) in [6.07, 6.45) is 5.54. The molecule has 2 heteroatoms. The van der Waals surface area contributed by atoms with Crippen LogP contribution in [0.15, 0.2) is 0 Å². The molecule has 0 fully saturated rings. The van der Waals surface area contributed by atoms with Gasteiger partial charge in [0.15, 0.2) is 15.2 Å². The third kappa shape index (κ3) is 30.8. The summed E-state index contributed by atoms with van der Waals surface area (Å²) in [4.78, 5) is 0. The lowest BCUT2D eigenvalue weighted by molar-refractivity contribution is 0.702. The van der Waals surface area contributed by atoms with Crippen molar-refractivity contribution in [1.82, 2.24) is 0 Å². The molecule has 0 saturated heterocycles.